The average molecular weight is 204 g/mol. The first-order valence-electron chi connectivity index (χ1n) is 5.96. The lowest BCUT2D eigenvalue weighted by molar-refractivity contribution is 0.412. The van der Waals surface area contributed by atoms with E-state index in [0.717, 1.165) is 11.7 Å². The summed E-state index contributed by atoms with van der Waals surface area (Å²) in [5, 5.41) is 0. The minimum atomic E-state index is 0.796. The molecule has 0 saturated heterocycles. The van der Waals surface area contributed by atoms with Crippen LogP contribution in [0.5, 0.6) is 5.75 Å². The van der Waals surface area contributed by atoms with Gasteiger partial charge in [-0.05, 0) is 48.9 Å². The number of ether oxygens (including phenoxy) is 1. The summed E-state index contributed by atoms with van der Waals surface area (Å²) in [6.45, 7) is 2.20. The van der Waals surface area contributed by atoms with Crippen LogP contribution in [0.2, 0.25) is 0 Å². The second kappa shape index (κ2) is 4.69. The summed E-state index contributed by atoms with van der Waals surface area (Å²) in [4.78, 5) is 0. The van der Waals surface area contributed by atoms with Gasteiger partial charge < -0.3 is 4.74 Å². The lowest BCUT2D eigenvalue weighted by Crippen LogP contribution is -2.06. The van der Waals surface area contributed by atoms with Crippen LogP contribution < -0.4 is 4.74 Å². The van der Waals surface area contributed by atoms with Crippen LogP contribution in [0.3, 0.4) is 0 Å². The average Bonchev–Trinajstić information content (AvgIpc) is 2.30. The van der Waals surface area contributed by atoms with Gasteiger partial charge in [0.15, 0.2) is 0 Å². The Balaban J connectivity index is 2.19. The molecule has 1 aliphatic carbocycles. The molecule has 1 heteroatoms. The molecule has 2 rings (SSSR count). The van der Waals surface area contributed by atoms with Crippen LogP contribution in [-0.2, 0) is 0 Å². The van der Waals surface area contributed by atoms with Gasteiger partial charge in [-0.25, -0.2) is 0 Å². The molecule has 1 nitrogen and oxygen atoms in total. The van der Waals surface area contributed by atoms with E-state index in [9.17, 15) is 0 Å². The van der Waals surface area contributed by atoms with Crippen molar-refractivity contribution in [3.63, 3.8) is 0 Å². The zero-order valence-electron chi connectivity index (χ0n) is 9.75. The normalized spacial score (nSPS) is 17.7. The fraction of sp³-hybridized carbons (Fsp3) is 0.571. The van der Waals surface area contributed by atoms with Gasteiger partial charge in [-0.15, -0.1) is 0 Å². The molecular weight excluding hydrogens is 184 g/mol. The summed E-state index contributed by atoms with van der Waals surface area (Å²) >= 11 is 0. The number of aryl methyl sites for hydroxylation is 1. The van der Waals surface area contributed by atoms with Gasteiger partial charge in [0, 0.05) is 0 Å². The molecule has 0 amide bonds. The highest BCUT2D eigenvalue weighted by Crippen LogP contribution is 2.35. The van der Waals surface area contributed by atoms with Crippen molar-refractivity contribution in [2.45, 2.75) is 44.9 Å². The highest BCUT2D eigenvalue weighted by molar-refractivity contribution is 5.37. The van der Waals surface area contributed by atoms with Crippen molar-refractivity contribution in [1.29, 1.82) is 0 Å². The standard InChI is InChI=1S/C14H20O/c1-11-10-13(15-2)8-9-14(11)12-6-4-3-5-7-12/h8-10,12H,3-7H2,1-2H3. The van der Waals surface area contributed by atoms with Crippen LogP contribution in [-0.4, -0.2) is 7.11 Å². The van der Waals surface area contributed by atoms with Crippen molar-refractivity contribution in [1.82, 2.24) is 0 Å². The van der Waals surface area contributed by atoms with Gasteiger partial charge in [0.25, 0.3) is 0 Å². The third-order valence-corrected chi connectivity index (χ3v) is 3.52. The maximum atomic E-state index is 5.24. The Bertz CT molecular complexity index is 324. The Morgan fingerprint density at radius 2 is 1.87 bits per heavy atom. The van der Waals surface area contributed by atoms with E-state index in [0.29, 0.717) is 0 Å². The summed E-state index contributed by atoms with van der Waals surface area (Å²) in [7, 11) is 1.73. The smallest absolute Gasteiger partial charge is 0.119 e. The predicted octanol–water partition coefficient (Wildman–Crippen LogP) is 4.05. The zero-order chi connectivity index (χ0) is 10.7. The Labute approximate surface area is 92.5 Å². The second-order valence-electron chi connectivity index (χ2n) is 4.56. The summed E-state index contributed by atoms with van der Waals surface area (Å²) in [5.74, 6) is 1.77. The molecule has 0 unspecified atom stereocenters. The quantitative estimate of drug-likeness (QED) is 0.706. The zero-order valence-corrected chi connectivity index (χ0v) is 9.75. The molecular formula is C14H20O. The van der Waals surface area contributed by atoms with Crippen molar-refractivity contribution in [3.8, 4) is 5.75 Å². The van der Waals surface area contributed by atoms with Gasteiger partial charge in [-0.3, -0.25) is 0 Å². The second-order valence-corrected chi connectivity index (χ2v) is 4.56. The highest BCUT2D eigenvalue weighted by Gasteiger charge is 2.17. The van der Waals surface area contributed by atoms with Crippen molar-refractivity contribution in [2.75, 3.05) is 7.11 Å². The van der Waals surface area contributed by atoms with Crippen LogP contribution >= 0.6 is 0 Å². The van der Waals surface area contributed by atoms with Crippen molar-refractivity contribution >= 4 is 0 Å². The molecule has 82 valence electrons. The molecule has 0 radical (unpaired) electrons. The summed E-state index contributed by atoms with van der Waals surface area (Å²) < 4.78 is 5.24. The molecule has 0 aromatic heterocycles. The van der Waals surface area contributed by atoms with Crippen molar-refractivity contribution in [3.05, 3.63) is 29.3 Å². The first-order valence-corrected chi connectivity index (χ1v) is 5.96. The van der Waals surface area contributed by atoms with Crippen LogP contribution in [0.4, 0.5) is 0 Å². The summed E-state index contributed by atoms with van der Waals surface area (Å²) in [6.07, 6.45) is 6.96. The number of rotatable bonds is 2. The molecule has 1 aromatic rings. The maximum absolute atomic E-state index is 5.24. The highest BCUT2D eigenvalue weighted by atomic mass is 16.5. The topological polar surface area (TPSA) is 9.23 Å². The van der Waals surface area contributed by atoms with Crippen LogP contribution in [0.1, 0.15) is 49.1 Å². The molecule has 15 heavy (non-hydrogen) atoms. The molecule has 0 spiro atoms. The first-order chi connectivity index (χ1) is 7.31. The van der Waals surface area contributed by atoms with Crippen LogP contribution in [0.15, 0.2) is 18.2 Å². The molecule has 1 saturated carbocycles. The van der Waals surface area contributed by atoms with Gasteiger partial charge in [0.05, 0.1) is 7.11 Å². The van der Waals surface area contributed by atoms with Gasteiger partial charge in [-0.2, -0.15) is 0 Å². The predicted molar refractivity (Wildman–Crippen MR) is 63.6 cm³/mol. The maximum Gasteiger partial charge on any atom is 0.119 e. The van der Waals surface area contributed by atoms with E-state index in [-0.39, 0.29) is 0 Å². The van der Waals surface area contributed by atoms with Gasteiger partial charge >= 0.3 is 0 Å². The van der Waals surface area contributed by atoms with Gasteiger partial charge in [0.1, 0.15) is 5.75 Å². The molecule has 1 fully saturated rings. The fourth-order valence-corrected chi connectivity index (χ4v) is 2.65. The molecule has 0 atom stereocenters. The van der Waals surface area contributed by atoms with Gasteiger partial charge in [0.2, 0.25) is 0 Å². The molecule has 0 heterocycles. The van der Waals surface area contributed by atoms with E-state index in [2.05, 4.69) is 25.1 Å². The third kappa shape index (κ3) is 2.34. The Hall–Kier alpha value is -0.980. The minimum absolute atomic E-state index is 0.796. The number of methoxy groups -OCH3 is 1. The Morgan fingerprint density at radius 1 is 1.13 bits per heavy atom. The molecule has 0 bridgehead atoms. The molecule has 0 aliphatic heterocycles. The van der Waals surface area contributed by atoms with Crippen LogP contribution in [0, 0.1) is 6.92 Å². The monoisotopic (exact) mass is 204 g/mol. The van der Waals surface area contributed by atoms with E-state index in [4.69, 9.17) is 4.74 Å². The SMILES string of the molecule is COc1ccc(C2CCCCC2)c(C)c1. The first kappa shape index (κ1) is 10.5. The van der Waals surface area contributed by atoms with E-state index in [1.165, 1.54) is 43.2 Å². The Morgan fingerprint density at radius 3 is 2.47 bits per heavy atom. The van der Waals surface area contributed by atoms with E-state index < -0.39 is 0 Å². The lowest BCUT2D eigenvalue weighted by atomic mass is 9.82. The van der Waals surface area contributed by atoms with Crippen molar-refractivity contribution in [2.24, 2.45) is 0 Å². The Kier molecular flexibility index (Phi) is 3.30. The minimum Gasteiger partial charge on any atom is -0.497 e. The van der Waals surface area contributed by atoms with Gasteiger partial charge in [-0.1, -0.05) is 25.3 Å². The van der Waals surface area contributed by atoms with E-state index >= 15 is 0 Å². The third-order valence-electron chi connectivity index (χ3n) is 3.52. The van der Waals surface area contributed by atoms with Crippen molar-refractivity contribution < 1.29 is 4.74 Å². The molecule has 1 aromatic carbocycles. The fourth-order valence-electron chi connectivity index (χ4n) is 2.65. The number of benzene rings is 1. The van der Waals surface area contributed by atoms with E-state index in [1.807, 2.05) is 0 Å². The largest absolute Gasteiger partial charge is 0.497 e. The van der Waals surface area contributed by atoms with E-state index in [1.54, 1.807) is 7.11 Å². The number of hydrogen-bond acceptors (Lipinski definition) is 1. The number of hydrogen-bond donors (Lipinski definition) is 0. The summed E-state index contributed by atoms with van der Waals surface area (Å²) in [6, 6.07) is 6.50. The summed E-state index contributed by atoms with van der Waals surface area (Å²) in [5.41, 5.74) is 2.93. The molecule has 0 N–H and O–H groups in total. The lowest BCUT2D eigenvalue weighted by Gasteiger charge is -2.23. The van der Waals surface area contributed by atoms with Crippen LogP contribution in [0.25, 0.3) is 0 Å². The molecule has 1 aliphatic rings.